The third kappa shape index (κ3) is 3.33. The molecular formula is C16H25NO. The Hall–Kier alpha value is -0.860. The van der Waals surface area contributed by atoms with Gasteiger partial charge in [0.15, 0.2) is 0 Å². The van der Waals surface area contributed by atoms with Crippen molar-refractivity contribution in [3.05, 3.63) is 35.4 Å². The van der Waals surface area contributed by atoms with E-state index in [-0.39, 0.29) is 18.1 Å². The van der Waals surface area contributed by atoms with Gasteiger partial charge in [0.05, 0.1) is 6.61 Å². The highest BCUT2D eigenvalue weighted by Crippen LogP contribution is 2.32. The van der Waals surface area contributed by atoms with Crippen LogP contribution < -0.4 is 5.32 Å². The van der Waals surface area contributed by atoms with Crippen LogP contribution in [0, 0.1) is 5.41 Å². The van der Waals surface area contributed by atoms with Crippen molar-refractivity contribution < 1.29 is 5.11 Å². The topological polar surface area (TPSA) is 32.3 Å². The summed E-state index contributed by atoms with van der Waals surface area (Å²) in [6, 6.07) is 9.26. The monoisotopic (exact) mass is 247 g/mol. The number of hydrogen-bond acceptors (Lipinski definition) is 2. The average Bonchev–Trinajstić information content (AvgIpc) is 2.70. The molecule has 0 heterocycles. The quantitative estimate of drug-likeness (QED) is 0.857. The summed E-state index contributed by atoms with van der Waals surface area (Å²) in [4.78, 5) is 0. The van der Waals surface area contributed by atoms with Crippen molar-refractivity contribution in [3.8, 4) is 0 Å². The maximum Gasteiger partial charge on any atom is 0.0585 e. The first-order valence-corrected chi connectivity index (χ1v) is 6.94. The highest BCUT2D eigenvalue weighted by molar-refractivity contribution is 5.34. The minimum atomic E-state index is 0.196. The van der Waals surface area contributed by atoms with Gasteiger partial charge in [0.1, 0.15) is 0 Å². The molecule has 2 heteroatoms. The van der Waals surface area contributed by atoms with Crippen LogP contribution in [0.2, 0.25) is 0 Å². The molecule has 0 radical (unpaired) electrons. The van der Waals surface area contributed by atoms with Gasteiger partial charge in [0.2, 0.25) is 0 Å². The van der Waals surface area contributed by atoms with Crippen LogP contribution >= 0.6 is 0 Å². The van der Waals surface area contributed by atoms with E-state index in [0.717, 1.165) is 19.3 Å². The molecule has 1 aliphatic carbocycles. The molecule has 2 N–H and O–H groups in total. The zero-order valence-corrected chi connectivity index (χ0v) is 11.7. The maximum atomic E-state index is 9.54. The minimum Gasteiger partial charge on any atom is -0.395 e. The first-order chi connectivity index (χ1) is 8.49. The third-order valence-electron chi connectivity index (χ3n) is 3.65. The normalized spacial score (nSPS) is 20.8. The van der Waals surface area contributed by atoms with Crippen LogP contribution in [-0.2, 0) is 6.42 Å². The number of fused-ring (bicyclic) bond motifs is 1. The van der Waals surface area contributed by atoms with Crippen molar-refractivity contribution in [2.24, 2.45) is 5.41 Å². The van der Waals surface area contributed by atoms with Crippen LogP contribution in [0.25, 0.3) is 0 Å². The second-order valence-electron chi connectivity index (χ2n) is 6.60. The Morgan fingerprint density at radius 1 is 1.33 bits per heavy atom. The molecule has 0 fully saturated rings. The Labute approximate surface area is 110 Å². The van der Waals surface area contributed by atoms with Crippen LogP contribution in [-0.4, -0.2) is 17.8 Å². The standard InChI is InChI=1S/C16H25NO/c1-16(2,3)10-13(11-18)17-15-9-8-12-6-4-5-7-14(12)15/h4-7,13,15,17-18H,8-11H2,1-3H3. The number of hydrogen-bond donors (Lipinski definition) is 2. The van der Waals surface area contributed by atoms with Crippen LogP contribution in [0.4, 0.5) is 0 Å². The van der Waals surface area contributed by atoms with Gasteiger partial charge in [-0.05, 0) is 35.8 Å². The van der Waals surface area contributed by atoms with E-state index >= 15 is 0 Å². The number of aliphatic hydroxyl groups is 1. The van der Waals surface area contributed by atoms with Gasteiger partial charge in [-0.25, -0.2) is 0 Å². The van der Waals surface area contributed by atoms with Gasteiger partial charge in [0.25, 0.3) is 0 Å². The molecule has 1 aromatic carbocycles. The summed E-state index contributed by atoms with van der Waals surface area (Å²) in [6.07, 6.45) is 3.31. The van der Waals surface area contributed by atoms with E-state index in [1.54, 1.807) is 0 Å². The predicted molar refractivity (Wildman–Crippen MR) is 75.6 cm³/mol. The SMILES string of the molecule is CC(C)(C)CC(CO)NC1CCc2ccccc21. The number of aliphatic hydroxyl groups excluding tert-OH is 1. The van der Waals surface area contributed by atoms with E-state index in [9.17, 15) is 5.11 Å². The van der Waals surface area contributed by atoms with Gasteiger partial charge < -0.3 is 10.4 Å². The Kier molecular flexibility index (Phi) is 4.08. The summed E-state index contributed by atoms with van der Waals surface area (Å²) >= 11 is 0. The first kappa shape index (κ1) is 13.6. The maximum absolute atomic E-state index is 9.54. The van der Waals surface area contributed by atoms with Crippen molar-refractivity contribution in [2.45, 2.75) is 52.1 Å². The van der Waals surface area contributed by atoms with Gasteiger partial charge in [-0.3, -0.25) is 0 Å². The van der Waals surface area contributed by atoms with E-state index in [1.807, 2.05) is 0 Å². The van der Waals surface area contributed by atoms with Crippen LogP contribution in [0.5, 0.6) is 0 Å². The first-order valence-electron chi connectivity index (χ1n) is 6.94. The molecule has 2 nitrogen and oxygen atoms in total. The molecule has 0 spiro atoms. The highest BCUT2D eigenvalue weighted by Gasteiger charge is 2.26. The van der Waals surface area contributed by atoms with Crippen molar-refractivity contribution >= 4 is 0 Å². The molecule has 100 valence electrons. The number of aryl methyl sites for hydroxylation is 1. The molecule has 2 unspecified atom stereocenters. The summed E-state index contributed by atoms with van der Waals surface area (Å²) in [5.74, 6) is 0. The van der Waals surface area contributed by atoms with Crippen molar-refractivity contribution in [1.82, 2.24) is 5.32 Å². The number of rotatable bonds is 4. The van der Waals surface area contributed by atoms with Crippen molar-refractivity contribution in [1.29, 1.82) is 0 Å². The summed E-state index contributed by atoms with van der Waals surface area (Å²) in [5, 5.41) is 13.2. The molecule has 1 aliphatic rings. The lowest BCUT2D eigenvalue weighted by atomic mass is 9.88. The Bertz CT molecular complexity index is 394. The van der Waals surface area contributed by atoms with Gasteiger partial charge in [-0.1, -0.05) is 45.0 Å². The summed E-state index contributed by atoms with van der Waals surface area (Å²) in [6.45, 7) is 6.88. The Balaban J connectivity index is 2.02. The van der Waals surface area contributed by atoms with E-state index in [4.69, 9.17) is 0 Å². The third-order valence-corrected chi connectivity index (χ3v) is 3.65. The fourth-order valence-electron chi connectivity index (χ4n) is 2.93. The molecule has 0 saturated heterocycles. The molecular weight excluding hydrogens is 222 g/mol. The van der Waals surface area contributed by atoms with E-state index < -0.39 is 0 Å². The van der Waals surface area contributed by atoms with E-state index in [2.05, 4.69) is 50.4 Å². The van der Waals surface area contributed by atoms with Crippen LogP contribution in [0.3, 0.4) is 0 Å². The van der Waals surface area contributed by atoms with E-state index in [1.165, 1.54) is 11.1 Å². The number of nitrogens with one attached hydrogen (secondary N) is 1. The molecule has 0 saturated carbocycles. The Morgan fingerprint density at radius 2 is 2.06 bits per heavy atom. The van der Waals surface area contributed by atoms with E-state index in [0.29, 0.717) is 6.04 Å². The molecule has 0 aliphatic heterocycles. The second-order valence-corrected chi connectivity index (χ2v) is 6.60. The molecule has 18 heavy (non-hydrogen) atoms. The smallest absolute Gasteiger partial charge is 0.0585 e. The zero-order valence-electron chi connectivity index (χ0n) is 11.7. The molecule has 0 amide bonds. The summed E-state index contributed by atoms with van der Waals surface area (Å²) in [7, 11) is 0. The predicted octanol–water partition coefficient (Wildman–Crippen LogP) is 3.06. The molecule has 1 aromatic rings. The minimum absolute atomic E-state index is 0.196. The van der Waals surface area contributed by atoms with Gasteiger partial charge in [0, 0.05) is 12.1 Å². The van der Waals surface area contributed by atoms with Crippen LogP contribution in [0.15, 0.2) is 24.3 Å². The summed E-state index contributed by atoms with van der Waals surface area (Å²) in [5.41, 5.74) is 3.13. The fourth-order valence-corrected chi connectivity index (χ4v) is 2.93. The average molecular weight is 247 g/mol. The lowest BCUT2D eigenvalue weighted by Gasteiger charge is -2.28. The van der Waals surface area contributed by atoms with Gasteiger partial charge >= 0.3 is 0 Å². The lowest BCUT2D eigenvalue weighted by Crippen LogP contribution is -2.37. The Morgan fingerprint density at radius 3 is 2.72 bits per heavy atom. The lowest BCUT2D eigenvalue weighted by molar-refractivity contribution is 0.188. The number of benzene rings is 1. The molecule has 2 atom stereocenters. The molecule has 2 rings (SSSR count). The molecule has 0 aromatic heterocycles. The largest absolute Gasteiger partial charge is 0.395 e. The van der Waals surface area contributed by atoms with Gasteiger partial charge in [-0.2, -0.15) is 0 Å². The highest BCUT2D eigenvalue weighted by atomic mass is 16.3. The summed E-state index contributed by atoms with van der Waals surface area (Å²) < 4.78 is 0. The zero-order chi connectivity index (χ0) is 13.2. The molecule has 0 bridgehead atoms. The van der Waals surface area contributed by atoms with Crippen molar-refractivity contribution in [2.75, 3.05) is 6.61 Å². The van der Waals surface area contributed by atoms with Crippen LogP contribution in [0.1, 0.15) is 50.8 Å². The van der Waals surface area contributed by atoms with Crippen molar-refractivity contribution in [3.63, 3.8) is 0 Å². The second kappa shape index (κ2) is 5.41. The van der Waals surface area contributed by atoms with Gasteiger partial charge in [-0.15, -0.1) is 0 Å². The fraction of sp³-hybridized carbons (Fsp3) is 0.625.